The highest BCUT2D eigenvalue weighted by Crippen LogP contribution is 2.16. The van der Waals surface area contributed by atoms with Crippen molar-refractivity contribution in [3.05, 3.63) is 47.0 Å². The molecule has 1 fully saturated rings. The Balaban J connectivity index is 1.82. The maximum Gasteiger partial charge on any atom is 0.221 e. The third-order valence-corrected chi connectivity index (χ3v) is 4.70. The minimum Gasteiger partial charge on any atom is -0.368 e. The number of nitrogens with two attached hydrogens (primary N) is 1. The van der Waals surface area contributed by atoms with Crippen LogP contribution in [0.5, 0.6) is 0 Å². The number of thioether (sulfide) groups is 1. The molecule has 0 spiro atoms. The fraction of sp³-hybridized carbons (Fsp3) is 0.375. The first-order valence-corrected chi connectivity index (χ1v) is 8.71. The first kappa shape index (κ1) is 16.0. The van der Waals surface area contributed by atoms with Crippen molar-refractivity contribution in [1.82, 2.24) is 14.6 Å². The molecule has 5 nitrogen and oxygen atoms in total. The van der Waals surface area contributed by atoms with Gasteiger partial charge in [0.05, 0.1) is 18.1 Å². The van der Waals surface area contributed by atoms with E-state index in [1.807, 2.05) is 18.7 Å². The summed E-state index contributed by atoms with van der Waals surface area (Å²) in [6, 6.07) is 4.80. The van der Waals surface area contributed by atoms with Crippen LogP contribution in [0.25, 0.3) is 0 Å². The average molecular weight is 333 g/mol. The molecule has 3 rings (SSSR count). The summed E-state index contributed by atoms with van der Waals surface area (Å²) in [5, 5.41) is 4.34. The summed E-state index contributed by atoms with van der Waals surface area (Å²) in [6.07, 6.45) is 3.47. The van der Waals surface area contributed by atoms with E-state index in [0.29, 0.717) is 5.95 Å². The lowest BCUT2D eigenvalue weighted by Crippen LogP contribution is -2.32. The van der Waals surface area contributed by atoms with Gasteiger partial charge in [0, 0.05) is 31.1 Å². The largest absolute Gasteiger partial charge is 0.368 e. The second-order valence-electron chi connectivity index (χ2n) is 5.56. The van der Waals surface area contributed by atoms with Crippen LogP contribution in [-0.4, -0.2) is 45.4 Å². The molecular formula is C16H20FN5S. The monoisotopic (exact) mass is 333 g/mol. The van der Waals surface area contributed by atoms with Gasteiger partial charge >= 0.3 is 0 Å². The van der Waals surface area contributed by atoms with E-state index in [2.05, 4.69) is 15.0 Å². The van der Waals surface area contributed by atoms with Crippen LogP contribution in [0.3, 0.4) is 0 Å². The number of halogens is 1. The van der Waals surface area contributed by atoms with Crippen LogP contribution in [0.2, 0.25) is 0 Å². The maximum atomic E-state index is 13.6. The van der Waals surface area contributed by atoms with E-state index in [0.717, 1.165) is 48.0 Å². The van der Waals surface area contributed by atoms with E-state index in [1.165, 1.54) is 10.7 Å². The second kappa shape index (κ2) is 7.14. The number of benzene rings is 1. The minimum absolute atomic E-state index is 0.221. The molecule has 0 amide bonds. The molecule has 23 heavy (non-hydrogen) atoms. The van der Waals surface area contributed by atoms with E-state index < -0.39 is 0 Å². The molecule has 0 atom stereocenters. The number of hydrogen-bond acceptors (Lipinski definition) is 5. The van der Waals surface area contributed by atoms with Crippen molar-refractivity contribution in [3.63, 3.8) is 0 Å². The Morgan fingerprint density at radius 3 is 2.87 bits per heavy atom. The standard InChI is InChI=1S/C16H20FN5S/c1-12-10-22(16(18)20-12)19-9-13-2-3-15(17)8-14(13)11-21-4-6-23-7-5-21/h2-3,8-10H,4-7,11H2,1H3,(H2,18,20). The summed E-state index contributed by atoms with van der Waals surface area (Å²) in [7, 11) is 0. The molecule has 2 heterocycles. The van der Waals surface area contributed by atoms with E-state index in [1.54, 1.807) is 24.5 Å². The molecule has 0 radical (unpaired) electrons. The predicted molar refractivity (Wildman–Crippen MR) is 93.4 cm³/mol. The lowest BCUT2D eigenvalue weighted by molar-refractivity contribution is 0.294. The topological polar surface area (TPSA) is 59.4 Å². The Hall–Kier alpha value is -1.86. The lowest BCUT2D eigenvalue weighted by Gasteiger charge is -2.26. The molecule has 1 aliphatic heterocycles. The van der Waals surface area contributed by atoms with E-state index in [4.69, 9.17) is 5.73 Å². The maximum absolute atomic E-state index is 13.6. The Morgan fingerprint density at radius 1 is 1.39 bits per heavy atom. The zero-order valence-electron chi connectivity index (χ0n) is 13.1. The van der Waals surface area contributed by atoms with Crippen LogP contribution in [0, 0.1) is 12.7 Å². The Morgan fingerprint density at radius 2 is 2.17 bits per heavy atom. The number of aryl methyl sites for hydroxylation is 1. The van der Waals surface area contributed by atoms with Crippen LogP contribution in [0.15, 0.2) is 29.5 Å². The van der Waals surface area contributed by atoms with Crippen molar-refractivity contribution in [1.29, 1.82) is 0 Å². The fourth-order valence-corrected chi connectivity index (χ4v) is 3.54. The highest BCUT2D eigenvalue weighted by molar-refractivity contribution is 7.99. The fourth-order valence-electron chi connectivity index (χ4n) is 2.56. The molecule has 0 aliphatic carbocycles. The van der Waals surface area contributed by atoms with Crippen molar-refractivity contribution >= 4 is 23.9 Å². The number of imidazole rings is 1. The third-order valence-electron chi connectivity index (χ3n) is 3.76. The molecule has 2 N–H and O–H groups in total. The van der Waals surface area contributed by atoms with Crippen LogP contribution in [-0.2, 0) is 6.54 Å². The predicted octanol–water partition coefficient (Wildman–Crippen LogP) is 2.34. The number of hydrogen-bond donors (Lipinski definition) is 1. The average Bonchev–Trinajstić information content (AvgIpc) is 2.85. The number of anilines is 1. The van der Waals surface area contributed by atoms with Gasteiger partial charge in [-0.3, -0.25) is 4.90 Å². The van der Waals surface area contributed by atoms with Crippen molar-refractivity contribution in [3.8, 4) is 0 Å². The lowest BCUT2D eigenvalue weighted by atomic mass is 10.1. The molecule has 0 saturated carbocycles. The summed E-state index contributed by atoms with van der Waals surface area (Å²) in [5.41, 5.74) is 8.43. The van der Waals surface area contributed by atoms with Crippen LogP contribution < -0.4 is 5.73 Å². The molecule has 7 heteroatoms. The van der Waals surface area contributed by atoms with Crippen LogP contribution in [0.1, 0.15) is 16.8 Å². The van der Waals surface area contributed by atoms with Gasteiger partial charge in [-0.1, -0.05) is 6.07 Å². The second-order valence-corrected chi connectivity index (χ2v) is 6.79. The molecule has 1 aromatic heterocycles. The number of nitrogen functional groups attached to an aromatic ring is 1. The van der Waals surface area contributed by atoms with Gasteiger partial charge in [-0.2, -0.15) is 16.9 Å². The third kappa shape index (κ3) is 4.11. The van der Waals surface area contributed by atoms with Crippen molar-refractivity contribution < 1.29 is 4.39 Å². The van der Waals surface area contributed by atoms with Crippen molar-refractivity contribution in [2.24, 2.45) is 5.10 Å². The Kier molecular flexibility index (Phi) is 4.97. The first-order chi connectivity index (χ1) is 11.1. The molecule has 0 bridgehead atoms. The molecule has 1 saturated heterocycles. The summed E-state index contributed by atoms with van der Waals surface area (Å²) in [4.78, 5) is 6.46. The van der Waals surface area contributed by atoms with Gasteiger partial charge in [0.15, 0.2) is 0 Å². The summed E-state index contributed by atoms with van der Waals surface area (Å²) >= 11 is 1.96. The van der Waals surface area contributed by atoms with E-state index >= 15 is 0 Å². The van der Waals surface area contributed by atoms with E-state index in [-0.39, 0.29) is 5.82 Å². The van der Waals surface area contributed by atoms with Crippen LogP contribution >= 0.6 is 11.8 Å². The number of nitrogens with zero attached hydrogens (tertiary/aromatic N) is 4. The summed E-state index contributed by atoms with van der Waals surface area (Å²) in [5.74, 6) is 2.38. The van der Waals surface area contributed by atoms with Gasteiger partial charge in [-0.15, -0.1) is 0 Å². The van der Waals surface area contributed by atoms with Gasteiger partial charge < -0.3 is 5.73 Å². The SMILES string of the molecule is Cc1cn(N=Cc2ccc(F)cc2CN2CCSCC2)c(N)n1. The molecule has 1 aromatic carbocycles. The molecule has 1 aliphatic rings. The molecular weight excluding hydrogens is 313 g/mol. The highest BCUT2D eigenvalue weighted by Gasteiger charge is 2.13. The minimum atomic E-state index is -0.221. The van der Waals surface area contributed by atoms with Gasteiger partial charge in [-0.05, 0) is 30.2 Å². The summed E-state index contributed by atoms with van der Waals surface area (Å²) < 4.78 is 15.2. The Bertz CT molecular complexity index is 706. The van der Waals surface area contributed by atoms with Crippen molar-refractivity contribution in [2.75, 3.05) is 30.3 Å². The molecule has 2 aromatic rings. The number of rotatable bonds is 4. The zero-order valence-corrected chi connectivity index (χ0v) is 13.9. The van der Waals surface area contributed by atoms with Crippen LogP contribution in [0.4, 0.5) is 10.3 Å². The number of aromatic nitrogens is 2. The normalized spacial score (nSPS) is 16.3. The quantitative estimate of drug-likeness (QED) is 0.873. The van der Waals surface area contributed by atoms with Gasteiger partial charge in [-0.25, -0.2) is 14.1 Å². The first-order valence-electron chi connectivity index (χ1n) is 7.56. The zero-order chi connectivity index (χ0) is 16.2. The Labute approximate surface area is 139 Å². The highest BCUT2D eigenvalue weighted by atomic mass is 32.2. The van der Waals surface area contributed by atoms with Gasteiger partial charge in [0.25, 0.3) is 0 Å². The van der Waals surface area contributed by atoms with Crippen molar-refractivity contribution in [2.45, 2.75) is 13.5 Å². The van der Waals surface area contributed by atoms with Gasteiger partial charge in [0.1, 0.15) is 5.82 Å². The van der Waals surface area contributed by atoms with Gasteiger partial charge in [0.2, 0.25) is 5.95 Å². The molecule has 0 unspecified atom stereocenters. The molecule has 122 valence electrons. The summed E-state index contributed by atoms with van der Waals surface area (Å²) in [6.45, 7) is 4.66. The van der Waals surface area contributed by atoms with E-state index in [9.17, 15) is 4.39 Å². The smallest absolute Gasteiger partial charge is 0.221 e.